The summed E-state index contributed by atoms with van der Waals surface area (Å²) in [7, 11) is 1.56. The van der Waals surface area contributed by atoms with Gasteiger partial charge >= 0.3 is 5.97 Å². The number of carbonyl (C=O) groups excluding carboxylic acids is 2. The second-order valence-electron chi connectivity index (χ2n) is 8.04. The third-order valence-corrected chi connectivity index (χ3v) is 6.94. The Morgan fingerprint density at radius 3 is 2.38 bits per heavy atom. The van der Waals surface area contributed by atoms with Crippen molar-refractivity contribution in [1.82, 2.24) is 9.88 Å². The molecule has 0 spiro atoms. The number of benzene rings is 1. The van der Waals surface area contributed by atoms with Crippen LogP contribution in [0.2, 0.25) is 0 Å². The number of pyridine rings is 1. The van der Waals surface area contributed by atoms with Crippen molar-refractivity contribution >= 4 is 29.1 Å². The Balaban J connectivity index is 1.34. The zero-order valence-corrected chi connectivity index (χ0v) is 19.3. The number of rotatable bonds is 10. The highest BCUT2D eigenvalue weighted by Crippen LogP contribution is 2.28. The van der Waals surface area contributed by atoms with E-state index >= 15 is 0 Å². The van der Waals surface area contributed by atoms with Gasteiger partial charge in [0.2, 0.25) is 5.88 Å². The van der Waals surface area contributed by atoms with Crippen molar-refractivity contribution in [2.45, 2.75) is 25.4 Å². The van der Waals surface area contributed by atoms with E-state index in [0.29, 0.717) is 23.4 Å². The van der Waals surface area contributed by atoms with Gasteiger partial charge in [-0.3, -0.25) is 19.3 Å². The predicted octanol–water partition coefficient (Wildman–Crippen LogP) is 3.50. The van der Waals surface area contributed by atoms with Crippen molar-refractivity contribution in [3.05, 3.63) is 70.0 Å². The number of aromatic nitrogens is 1. The van der Waals surface area contributed by atoms with E-state index in [1.807, 2.05) is 17.5 Å². The van der Waals surface area contributed by atoms with Crippen molar-refractivity contribution in [2.75, 3.05) is 13.7 Å². The fraction of sp³-hybridized carbons (Fsp3) is 0.280. The molecule has 176 valence electrons. The summed E-state index contributed by atoms with van der Waals surface area (Å²) in [6, 6.07) is 12.2. The zero-order chi connectivity index (χ0) is 24.2. The minimum absolute atomic E-state index is 0.0187. The lowest BCUT2D eigenvalue weighted by molar-refractivity contribution is -0.146. The number of carboxylic acid groups (broad SMARTS) is 1. The van der Waals surface area contributed by atoms with E-state index < -0.39 is 29.8 Å². The van der Waals surface area contributed by atoms with Gasteiger partial charge < -0.3 is 14.9 Å². The number of imide groups is 1. The molecule has 9 heteroatoms. The number of fused-ring (bicyclic) bond motifs is 1. The molecule has 4 rings (SSSR count). The Morgan fingerprint density at radius 1 is 1.09 bits per heavy atom. The van der Waals surface area contributed by atoms with Crippen molar-refractivity contribution in [2.24, 2.45) is 5.92 Å². The van der Waals surface area contributed by atoms with Gasteiger partial charge in [0, 0.05) is 29.2 Å². The van der Waals surface area contributed by atoms with E-state index in [4.69, 9.17) is 4.74 Å². The van der Waals surface area contributed by atoms with Gasteiger partial charge in [-0.05, 0) is 54.5 Å². The SMILES string of the molecule is COc1ccc(-c2csc(CCC(O)C(CCN3C(=O)c4ccccc4C3=O)C(=O)O)c2)cn1. The van der Waals surface area contributed by atoms with Crippen molar-refractivity contribution < 1.29 is 29.3 Å². The molecule has 1 aliphatic heterocycles. The molecule has 3 heterocycles. The topological polar surface area (TPSA) is 117 Å². The van der Waals surface area contributed by atoms with Crippen LogP contribution in [0.3, 0.4) is 0 Å². The van der Waals surface area contributed by atoms with Crippen LogP contribution in [0.4, 0.5) is 0 Å². The van der Waals surface area contributed by atoms with Gasteiger partial charge in [0.05, 0.1) is 30.3 Å². The van der Waals surface area contributed by atoms with E-state index in [1.54, 1.807) is 43.6 Å². The molecule has 0 aliphatic carbocycles. The molecular formula is C25H24N2O6S. The number of aliphatic hydroxyl groups excluding tert-OH is 1. The summed E-state index contributed by atoms with van der Waals surface area (Å²) in [5.74, 6) is -2.57. The minimum atomic E-state index is -1.15. The summed E-state index contributed by atoms with van der Waals surface area (Å²) < 4.78 is 5.07. The lowest BCUT2D eigenvalue weighted by atomic mass is 9.94. The second kappa shape index (κ2) is 10.1. The van der Waals surface area contributed by atoms with Gasteiger partial charge in [-0.2, -0.15) is 0 Å². The lowest BCUT2D eigenvalue weighted by Gasteiger charge is -2.21. The number of ether oxygens (including phenoxy) is 1. The van der Waals surface area contributed by atoms with E-state index in [9.17, 15) is 24.6 Å². The van der Waals surface area contributed by atoms with E-state index in [0.717, 1.165) is 20.9 Å². The Bertz CT molecular complexity index is 1170. The van der Waals surface area contributed by atoms with Crippen molar-refractivity contribution in [3.8, 4) is 17.0 Å². The molecule has 2 aromatic heterocycles. The van der Waals surface area contributed by atoms with E-state index in [2.05, 4.69) is 4.98 Å². The van der Waals surface area contributed by atoms with Crippen LogP contribution in [-0.4, -0.2) is 57.6 Å². The monoisotopic (exact) mass is 480 g/mol. The molecule has 0 radical (unpaired) electrons. The molecule has 3 aromatic rings. The van der Waals surface area contributed by atoms with Crippen LogP contribution >= 0.6 is 11.3 Å². The maximum atomic E-state index is 12.5. The van der Waals surface area contributed by atoms with Crippen molar-refractivity contribution in [1.29, 1.82) is 0 Å². The third-order valence-electron chi connectivity index (χ3n) is 5.94. The Hall–Kier alpha value is -3.56. The fourth-order valence-corrected chi connectivity index (χ4v) is 4.93. The molecule has 0 saturated carbocycles. The van der Waals surface area contributed by atoms with E-state index in [1.165, 1.54) is 11.3 Å². The Morgan fingerprint density at radius 2 is 1.79 bits per heavy atom. The third kappa shape index (κ3) is 4.85. The molecule has 0 saturated heterocycles. The van der Waals surface area contributed by atoms with Crippen LogP contribution in [0.15, 0.2) is 54.0 Å². The van der Waals surface area contributed by atoms with Crippen LogP contribution < -0.4 is 4.74 Å². The quantitative estimate of drug-likeness (QED) is 0.427. The second-order valence-corrected chi connectivity index (χ2v) is 9.03. The highest BCUT2D eigenvalue weighted by atomic mass is 32.1. The van der Waals surface area contributed by atoms with Crippen LogP contribution in [0, 0.1) is 5.92 Å². The summed E-state index contributed by atoms with van der Waals surface area (Å²) in [6.07, 6.45) is 1.35. The van der Waals surface area contributed by atoms with Crippen LogP contribution in [0.1, 0.15) is 38.4 Å². The highest BCUT2D eigenvalue weighted by Gasteiger charge is 2.36. The van der Waals surface area contributed by atoms with Gasteiger partial charge in [-0.1, -0.05) is 12.1 Å². The highest BCUT2D eigenvalue weighted by molar-refractivity contribution is 7.10. The van der Waals surface area contributed by atoms with Gasteiger partial charge in [-0.15, -0.1) is 11.3 Å². The number of thiophene rings is 1. The fourth-order valence-electron chi connectivity index (χ4n) is 4.02. The summed E-state index contributed by atoms with van der Waals surface area (Å²) in [6.45, 7) is -0.0615. The van der Waals surface area contributed by atoms with Crippen LogP contribution in [0.25, 0.3) is 11.1 Å². The maximum Gasteiger partial charge on any atom is 0.309 e. The molecule has 2 unspecified atom stereocenters. The first-order chi connectivity index (χ1) is 16.4. The number of aryl methyl sites for hydroxylation is 1. The molecule has 2 atom stereocenters. The molecule has 0 fully saturated rings. The van der Waals surface area contributed by atoms with Crippen LogP contribution in [-0.2, 0) is 11.2 Å². The summed E-state index contributed by atoms with van der Waals surface area (Å²) in [5.41, 5.74) is 2.57. The van der Waals surface area contributed by atoms with E-state index in [-0.39, 0.29) is 19.4 Å². The average molecular weight is 481 g/mol. The number of nitrogens with zero attached hydrogens (tertiary/aromatic N) is 2. The first-order valence-corrected chi connectivity index (χ1v) is 11.7. The number of carbonyl (C=O) groups is 3. The van der Waals surface area contributed by atoms with Gasteiger partial charge in [0.15, 0.2) is 0 Å². The number of methoxy groups -OCH3 is 1. The lowest BCUT2D eigenvalue weighted by Crippen LogP contribution is -2.36. The number of carboxylic acids is 1. The smallest absolute Gasteiger partial charge is 0.309 e. The largest absolute Gasteiger partial charge is 0.481 e. The number of hydrogen-bond acceptors (Lipinski definition) is 7. The van der Waals surface area contributed by atoms with Crippen LogP contribution in [0.5, 0.6) is 5.88 Å². The molecule has 2 amide bonds. The van der Waals surface area contributed by atoms with Crippen molar-refractivity contribution in [3.63, 3.8) is 0 Å². The van der Waals surface area contributed by atoms with Gasteiger partial charge in [-0.25, -0.2) is 4.98 Å². The number of hydrogen-bond donors (Lipinski definition) is 2. The summed E-state index contributed by atoms with van der Waals surface area (Å²) in [5, 5.41) is 22.3. The Kier molecular flexibility index (Phi) is 7.04. The molecular weight excluding hydrogens is 456 g/mol. The number of aliphatic hydroxyl groups is 1. The molecule has 0 bridgehead atoms. The minimum Gasteiger partial charge on any atom is -0.481 e. The Labute approximate surface area is 200 Å². The van der Waals surface area contributed by atoms with Gasteiger partial charge in [0.25, 0.3) is 11.8 Å². The first kappa shape index (κ1) is 23.6. The summed E-state index contributed by atoms with van der Waals surface area (Å²) >= 11 is 1.53. The normalized spacial score (nSPS) is 14.7. The maximum absolute atomic E-state index is 12.5. The zero-order valence-electron chi connectivity index (χ0n) is 18.5. The molecule has 1 aromatic carbocycles. The number of aliphatic carboxylic acids is 1. The summed E-state index contributed by atoms with van der Waals surface area (Å²) in [4.78, 5) is 43.1. The first-order valence-electron chi connectivity index (χ1n) is 10.8. The predicted molar refractivity (Wildman–Crippen MR) is 126 cm³/mol. The molecule has 2 N–H and O–H groups in total. The molecule has 1 aliphatic rings. The average Bonchev–Trinajstić information content (AvgIpc) is 3.42. The molecule has 34 heavy (non-hydrogen) atoms. The molecule has 8 nitrogen and oxygen atoms in total. The standard InChI is InChI=1S/C25H24N2O6S/c1-33-22-9-6-15(13-26-22)16-12-17(34-14-16)7-8-21(28)20(25(31)32)10-11-27-23(29)18-4-2-3-5-19(18)24(27)30/h2-6,9,12-14,20-21,28H,7-8,10-11H2,1H3,(H,31,32). The van der Waals surface area contributed by atoms with Gasteiger partial charge in [0.1, 0.15) is 0 Å². The number of amides is 2.